The number of aryl methyl sites for hydroxylation is 1. The summed E-state index contributed by atoms with van der Waals surface area (Å²) >= 11 is 0. The molecule has 0 spiro atoms. The summed E-state index contributed by atoms with van der Waals surface area (Å²) in [4.78, 5) is 0. The molecule has 0 amide bonds. The number of benzene rings is 1. The van der Waals surface area contributed by atoms with E-state index in [1.807, 2.05) is 30.7 Å². The van der Waals surface area contributed by atoms with Crippen molar-refractivity contribution in [2.24, 2.45) is 5.73 Å². The van der Waals surface area contributed by atoms with Crippen LogP contribution in [0.2, 0.25) is 0 Å². The summed E-state index contributed by atoms with van der Waals surface area (Å²) in [5.74, 6) is 1.17. The van der Waals surface area contributed by atoms with E-state index in [9.17, 15) is 0 Å². The molecule has 2 rings (SSSR count). The molecule has 23 heavy (non-hydrogen) atoms. The summed E-state index contributed by atoms with van der Waals surface area (Å²) in [6.45, 7) is 5.16. The Morgan fingerprint density at radius 2 is 1.78 bits per heavy atom. The van der Waals surface area contributed by atoms with Gasteiger partial charge in [-0.25, -0.2) is 0 Å². The molecule has 1 aromatic heterocycles. The zero-order valence-corrected chi connectivity index (χ0v) is 13.3. The summed E-state index contributed by atoms with van der Waals surface area (Å²) in [5.41, 5.74) is 8.24. The Labute approximate surface area is 135 Å². The summed E-state index contributed by atoms with van der Waals surface area (Å²) in [5, 5.41) is 22.7. The highest BCUT2D eigenvalue weighted by atomic mass is 16.5. The lowest BCUT2D eigenvalue weighted by Crippen LogP contribution is -2.13. The highest BCUT2D eigenvalue weighted by Crippen LogP contribution is 2.31. The first-order chi connectivity index (χ1) is 11.2. The Morgan fingerprint density at radius 1 is 1.13 bits per heavy atom. The van der Waals surface area contributed by atoms with E-state index < -0.39 is 0 Å². The van der Waals surface area contributed by atoms with Gasteiger partial charge in [0.1, 0.15) is 11.4 Å². The Hall–Kier alpha value is -2.83. The van der Waals surface area contributed by atoms with Crippen LogP contribution in [-0.2, 0) is 19.4 Å². The third kappa shape index (κ3) is 3.50. The molecule has 0 fully saturated rings. The Kier molecular flexibility index (Phi) is 5.35. The first-order valence-corrected chi connectivity index (χ1v) is 7.58. The molecular formula is C17H19N5O. The van der Waals surface area contributed by atoms with E-state index >= 15 is 0 Å². The molecule has 1 aromatic carbocycles. The average Bonchev–Trinajstić information content (AvgIpc) is 2.91. The van der Waals surface area contributed by atoms with Crippen LogP contribution in [0.1, 0.15) is 36.4 Å². The molecule has 2 aromatic rings. The second-order valence-electron chi connectivity index (χ2n) is 5.01. The number of hydrogen-bond acceptors (Lipinski definition) is 5. The van der Waals surface area contributed by atoms with E-state index in [4.69, 9.17) is 21.0 Å². The molecule has 6 nitrogen and oxygen atoms in total. The van der Waals surface area contributed by atoms with Gasteiger partial charge in [0.05, 0.1) is 35.5 Å². The number of ether oxygens (including phenoxy) is 1. The van der Waals surface area contributed by atoms with Crippen molar-refractivity contribution in [2.45, 2.75) is 33.2 Å². The number of aromatic nitrogens is 2. The van der Waals surface area contributed by atoms with Gasteiger partial charge in [-0.15, -0.1) is 0 Å². The summed E-state index contributed by atoms with van der Waals surface area (Å²) in [6, 6.07) is 8.87. The molecule has 0 saturated carbocycles. The summed E-state index contributed by atoms with van der Waals surface area (Å²) in [6.07, 6.45) is 1.48. The molecule has 6 heteroatoms. The molecule has 0 bridgehead atoms. The topological polar surface area (TPSA) is 101 Å². The van der Waals surface area contributed by atoms with Crippen LogP contribution in [-0.4, -0.2) is 16.3 Å². The van der Waals surface area contributed by atoms with Crippen LogP contribution in [0.15, 0.2) is 18.2 Å². The smallest absolute Gasteiger partial charge is 0.171 e. The first kappa shape index (κ1) is 16.5. The van der Waals surface area contributed by atoms with Crippen molar-refractivity contribution >= 4 is 0 Å². The van der Waals surface area contributed by atoms with Gasteiger partial charge >= 0.3 is 0 Å². The van der Waals surface area contributed by atoms with Gasteiger partial charge in [-0.2, -0.15) is 15.6 Å². The average molecular weight is 309 g/mol. The quantitative estimate of drug-likeness (QED) is 0.883. The largest absolute Gasteiger partial charge is 0.453 e. The third-order valence-corrected chi connectivity index (χ3v) is 3.47. The Balaban J connectivity index is 2.47. The second kappa shape index (κ2) is 7.44. The van der Waals surface area contributed by atoms with Crippen LogP contribution >= 0.6 is 0 Å². The zero-order valence-electron chi connectivity index (χ0n) is 13.3. The van der Waals surface area contributed by atoms with Crippen molar-refractivity contribution in [1.29, 1.82) is 10.5 Å². The molecule has 0 atom stereocenters. The maximum absolute atomic E-state index is 9.08. The molecule has 0 unspecified atom stereocenters. The Bertz CT molecular complexity index is 747. The zero-order chi connectivity index (χ0) is 16.8. The van der Waals surface area contributed by atoms with Gasteiger partial charge in [-0.05, 0) is 31.0 Å². The monoisotopic (exact) mass is 309 g/mol. The van der Waals surface area contributed by atoms with E-state index in [0.717, 1.165) is 24.2 Å². The minimum atomic E-state index is 0.393. The van der Waals surface area contributed by atoms with Crippen molar-refractivity contribution in [1.82, 2.24) is 9.78 Å². The van der Waals surface area contributed by atoms with Gasteiger partial charge in [-0.1, -0.05) is 13.8 Å². The second-order valence-corrected chi connectivity index (χ2v) is 5.01. The predicted octanol–water partition coefficient (Wildman–Crippen LogP) is 2.50. The third-order valence-electron chi connectivity index (χ3n) is 3.47. The van der Waals surface area contributed by atoms with Gasteiger partial charge in [0.25, 0.3) is 0 Å². The van der Waals surface area contributed by atoms with Crippen LogP contribution < -0.4 is 10.5 Å². The van der Waals surface area contributed by atoms with Crippen LogP contribution in [0.25, 0.3) is 0 Å². The van der Waals surface area contributed by atoms with Crippen LogP contribution in [0.3, 0.4) is 0 Å². The number of nitriles is 2. The SMILES string of the molecule is CCc1nn(CCN)c(CC)c1Oc1cc(C#N)cc(C#N)c1. The van der Waals surface area contributed by atoms with Gasteiger partial charge in [0.15, 0.2) is 5.75 Å². The van der Waals surface area contributed by atoms with E-state index in [-0.39, 0.29) is 0 Å². The predicted molar refractivity (Wildman–Crippen MR) is 86.0 cm³/mol. The number of nitrogens with two attached hydrogens (primary N) is 1. The summed E-state index contributed by atoms with van der Waals surface area (Å²) < 4.78 is 7.88. The summed E-state index contributed by atoms with van der Waals surface area (Å²) in [7, 11) is 0. The number of hydrogen-bond donors (Lipinski definition) is 1. The molecule has 0 aliphatic rings. The molecule has 0 aliphatic heterocycles. The fourth-order valence-electron chi connectivity index (χ4n) is 2.44. The van der Waals surface area contributed by atoms with E-state index in [0.29, 0.717) is 35.7 Å². The molecule has 118 valence electrons. The molecule has 0 saturated heterocycles. The van der Waals surface area contributed by atoms with Crippen LogP contribution in [0.4, 0.5) is 0 Å². The molecule has 1 heterocycles. The van der Waals surface area contributed by atoms with Gasteiger partial charge < -0.3 is 10.5 Å². The number of nitrogens with zero attached hydrogens (tertiary/aromatic N) is 4. The highest BCUT2D eigenvalue weighted by Gasteiger charge is 2.18. The molecule has 0 aliphatic carbocycles. The van der Waals surface area contributed by atoms with Gasteiger partial charge in [0, 0.05) is 6.54 Å². The lowest BCUT2D eigenvalue weighted by atomic mass is 10.1. The van der Waals surface area contributed by atoms with Crippen molar-refractivity contribution in [3.05, 3.63) is 40.7 Å². The minimum absolute atomic E-state index is 0.393. The normalized spacial score (nSPS) is 10.1. The number of rotatable bonds is 6. The van der Waals surface area contributed by atoms with E-state index in [1.54, 1.807) is 12.1 Å². The van der Waals surface area contributed by atoms with Gasteiger partial charge in [-0.3, -0.25) is 4.68 Å². The van der Waals surface area contributed by atoms with Crippen molar-refractivity contribution in [2.75, 3.05) is 6.54 Å². The van der Waals surface area contributed by atoms with Crippen molar-refractivity contribution in [3.8, 4) is 23.6 Å². The maximum atomic E-state index is 9.08. The van der Waals surface area contributed by atoms with Crippen LogP contribution in [0, 0.1) is 22.7 Å². The van der Waals surface area contributed by atoms with Crippen molar-refractivity contribution < 1.29 is 4.74 Å². The first-order valence-electron chi connectivity index (χ1n) is 7.58. The van der Waals surface area contributed by atoms with E-state index in [2.05, 4.69) is 5.10 Å². The lowest BCUT2D eigenvalue weighted by molar-refractivity contribution is 0.467. The Morgan fingerprint density at radius 3 is 2.26 bits per heavy atom. The maximum Gasteiger partial charge on any atom is 0.171 e. The highest BCUT2D eigenvalue weighted by molar-refractivity contribution is 5.48. The van der Waals surface area contributed by atoms with Gasteiger partial charge in [0.2, 0.25) is 0 Å². The van der Waals surface area contributed by atoms with Crippen LogP contribution in [0.5, 0.6) is 11.5 Å². The lowest BCUT2D eigenvalue weighted by Gasteiger charge is -2.09. The molecular weight excluding hydrogens is 290 g/mol. The fourth-order valence-corrected chi connectivity index (χ4v) is 2.44. The molecule has 2 N–H and O–H groups in total. The van der Waals surface area contributed by atoms with E-state index in [1.165, 1.54) is 6.07 Å². The minimum Gasteiger partial charge on any atom is -0.453 e. The standard InChI is InChI=1S/C17H19N5O/c1-3-15-17(16(4-2)22(21-15)6-5-18)23-14-8-12(10-19)7-13(9-14)11-20/h7-9H,3-6,18H2,1-2H3. The fraction of sp³-hybridized carbons (Fsp3) is 0.353. The molecule has 0 radical (unpaired) electrons. The van der Waals surface area contributed by atoms with Crippen molar-refractivity contribution in [3.63, 3.8) is 0 Å².